The van der Waals surface area contributed by atoms with E-state index in [-0.39, 0.29) is 0 Å². The molecular formula is C17H18N2O. The van der Waals surface area contributed by atoms with Crippen LogP contribution in [0.4, 0.5) is 5.69 Å². The van der Waals surface area contributed by atoms with Crippen molar-refractivity contribution < 1.29 is 4.74 Å². The number of anilines is 1. The first-order valence-corrected chi connectivity index (χ1v) is 6.76. The molecule has 2 rings (SSSR count). The van der Waals surface area contributed by atoms with E-state index in [1.54, 1.807) is 18.2 Å². The Hall–Kier alpha value is -2.47. The summed E-state index contributed by atoms with van der Waals surface area (Å²) in [7, 11) is 0. The zero-order valence-electron chi connectivity index (χ0n) is 11.4. The number of nitrogen functional groups attached to an aromatic ring is 1. The molecule has 0 amide bonds. The Morgan fingerprint density at radius 1 is 1.05 bits per heavy atom. The van der Waals surface area contributed by atoms with E-state index >= 15 is 0 Å². The summed E-state index contributed by atoms with van der Waals surface area (Å²) in [6.07, 6.45) is 3.13. The molecule has 0 bridgehead atoms. The minimum atomic E-state index is 0.520. The van der Waals surface area contributed by atoms with Gasteiger partial charge in [0.15, 0.2) is 0 Å². The van der Waals surface area contributed by atoms with Gasteiger partial charge in [-0.2, -0.15) is 5.26 Å². The van der Waals surface area contributed by atoms with Gasteiger partial charge in [-0.05, 0) is 43.0 Å². The van der Waals surface area contributed by atoms with Crippen molar-refractivity contribution >= 4 is 5.69 Å². The number of hydrogen-bond acceptors (Lipinski definition) is 3. The minimum absolute atomic E-state index is 0.520. The lowest BCUT2D eigenvalue weighted by molar-refractivity contribution is 0.308. The number of nitriles is 1. The van der Waals surface area contributed by atoms with Gasteiger partial charge >= 0.3 is 0 Å². The number of nitrogens with zero attached hydrogens (tertiary/aromatic N) is 1. The number of ether oxygens (including phenoxy) is 1. The molecule has 0 radical (unpaired) electrons. The number of unbranched alkanes of at least 4 members (excludes halogenated alkanes) is 1. The van der Waals surface area contributed by atoms with Crippen LogP contribution in [0.1, 0.15) is 24.0 Å². The van der Waals surface area contributed by atoms with Gasteiger partial charge in [-0.25, -0.2) is 0 Å². The van der Waals surface area contributed by atoms with E-state index in [0.29, 0.717) is 23.6 Å². The monoisotopic (exact) mass is 266 g/mol. The molecule has 2 aromatic carbocycles. The number of aryl methyl sites for hydroxylation is 1. The summed E-state index contributed by atoms with van der Waals surface area (Å²) in [5.74, 6) is 0.656. The number of benzene rings is 2. The molecule has 0 heterocycles. The highest BCUT2D eigenvalue weighted by Gasteiger charge is 2.01. The van der Waals surface area contributed by atoms with Crippen LogP contribution in [0.15, 0.2) is 48.5 Å². The molecule has 20 heavy (non-hydrogen) atoms. The average molecular weight is 266 g/mol. The van der Waals surface area contributed by atoms with Crippen molar-refractivity contribution in [3.8, 4) is 11.8 Å². The standard InChI is InChI=1S/C17H18N2O/c18-13-15-9-10-17(16(19)12-15)20-11-5-4-8-14-6-2-1-3-7-14/h1-3,6-7,9-10,12H,4-5,8,11,19H2. The van der Waals surface area contributed by atoms with Crippen LogP contribution < -0.4 is 10.5 Å². The molecule has 2 aromatic rings. The quantitative estimate of drug-likeness (QED) is 0.642. The lowest BCUT2D eigenvalue weighted by atomic mass is 10.1. The van der Waals surface area contributed by atoms with Gasteiger partial charge in [-0.3, -0.25) is 0 Å². The molecule has 0 saturated heterocycles. The molecule has 2 N–H and O–H groups in total. The van der Waals surface area contributed by atoms with Crippen molar-refractivity contribution in [1.29, 1.82) is 5.26 Å². The van der Waals surface area contributed by atoms with E-state index in [1.165, 1.54) is 5.56 Å². The minimum Gasteiger partial charge on any atom is -0.491 e. The molecule has 0 aliphatic rings. The highest BCUT2D eigenvalue weighted by atomic mass is 16.5. The van der Waals surface area contributed by atoms with Crippen LogP contribution >= 0.6 is 0 Å². The van der Waals surface area contributed by atoms with Crippen molar-refractivity contribution in [2.75, 3.05) is 12.3 Å². The van der Waals surface area contributed by atoms with E-state index < -0.39 is 0 Å². The molecule has 0 aliphatic carbocycles. The first-order chi connectivity index (χ1) is 9.79. The Labute approximate surface area is 119 Å². The Kier molecular flexibility index (Phi) is 5.02. The van der Waals surface area contributed by atoms with Crippen LogP contribution in [0.5, 0.6) is 5.75 Å². The first-order valence-electron chi connectivity index (χ1n) is 6.76. The van der Waals surface area contributed by atoms with Crippen molar-refractivity contribution in [1.82, 2.24) is 0 Å². The van der Waals surface area contributed by atoms with E-state index in [2.05, 4.69) is 30.3 Å². The number of rotatable bonds is 6. The van der Waals surface area contributed by atoms with Crippen molar-refractivity contribution in [2.45, 2.75) is 19.3 Å². The van der Waals surface area contributed by atoms with Gasteiger partial charge in [0.25, 0.3) is 0 Å². The predicted octanol–water partition coefficient (Wildman–Crippen LogP) is 3.54. The summed E-state index contributed by atoms with van der Waals surface area (Å²) in [4.78, 5) is 0. The molecule has 0 aromatic heterocycles. The molecule has 0 spiro atoms. The van der Waals surface area contributed by atoms with Gasteiger partial charge in [0, 0.05) is 0 Å². The SMILES string of the molecule is N#Cc1ccc(OCCCCc2ccccc2)c(N)c1. The second-order valence-corrected chi connectivity index (χ2v) is 4.66. The maximum Gasteiger partial charge on any atom is 0.142 e. The van der Waals surface area contributed by atoms with Gasteiger partial charge in [0.2, 0.25) is 0 Å². The highest BCUT2D eigenvalue weighted by Crippen LogP contribution is 2.22. The summed E-state index contributed by atoms with van der Waals surface area (Å²) in [5.41, 5.74) is 8.25. The zero-order valence-corrected chi connectivity index (χ0v) is 11.4. The Morgan fingerprint density at radius 2 is 1.85 bits per heavy atom. The van der Waals surface area contributed by atoms with Gasteiger partial charge in [0.05, 0.1) is 23.9 Å². The van der Waals surface area contributed by atoms with E-state index in [1.807, 2.05) is 6.07 Å². The van der Waals surface area contributed by atoms with Gasteiger partial charge in [-0.15, -0.1) is 0 Å². The van der Waals surface area contributed by atoms with Crippen LogP contribution in [0, 0.1) is 11.3 Å². The third-order valence-electron chi connectivity index (χ3n) is 3.10. The van der Waals surface area contributed by atoms with Gasteiger partial charge < -0.3 is 10.5 Å². The second-order valence-electron chi connectivity index (χ2n) is 4.66. The predicted molar refractivity (Wildman–Crippen MR) is 80.4 cm³/mol. The van der Waals surface area contributed by atoms with Crippen molar-refractivity contribution in [3.05, 3.63) is 59.7 Å². The second kappa shape index (κ2) is 7.20. The van der Waals surface area contributed by atoms with E-state index in [0.717, 1.165) is 19.3 Å². The van der Waals surface area contributed by atoms with Crippen molar-refractivity contribution in [3.63, 3.8) is 0 Å². The Morgan fingerprint density at radius 3 is 2.55 bits per heavy atom. The Bertz CT molecular complexity index is 588. The smallest absolute Gasteiger partial charge is 0.142 e. The van der Waals surface area contributed by atoms with E-state index in [4.69, 9.17) is 15.7 Å². The largest absolute Gasteiger partial charge is 0.491 e. The average Bonchev–Trinajstić information content (AvgIpc) is 2.49. The van der Waals surface area contributed by atoms with Crippen LogP contribution in [0.3, 0.4) is 0 Å². The summed E-state index contributed by atoms with van der Waals surface area (Å²) in [5, 5.41) is 8.76. The topological polar surface area (TPSA) is 59.0 Å². The molecule has 3 nitrogen and oxygen atoms in total. The molecule has 0 fully saturated rings. The zero-order chi connectivity index (χ0) is 14.2. The lowest BCUT2D eigenvalue weighted by Gasteiger charge is -2.09. The Balaban J connectivity index is 1.72. The summed E-state index contributed by atoms with van der Waals surface area (Å²) in [6.45, 7) is 0.642. The van der Waals surface area contributed by atoms with E-state index in [9.17, 15) is 0 Å². The maximum absolute atomic E-state index is 8.76. The number of nitrogens with two attached hydrogens (primary N) is 1. The van der Waals surface area contributed by atoms with Crippen molar-refractivity contribution in [2.24, 2.45) is 0 Å². The first kappa shape index (κ1) is 14.0. The molecule has 0 unspecified atom stereocenters. The third-order valence-corrected chi connectivity index (χ3v) is 3.10. The molecule has 0 aliphatic heterocycles. The van der Waals surface area contributed by atoms with Crippen LogP contribution in [0.25, 0.3) is 0 Å². The molecule has 0 atom stereocenters. The molecular weight excluding hydrogens is 248 g/mol. The molecule has 0 saturated carbocycles. The fraction of sp³-hybridized carbons (Fsp3) is 0.235. The number of hydrogen-bond donors (Lipinski definition) is 1. The maximum atomic E-state index is 8.76. The fourth-order valence-corrected chi connectivity index (χ4v) is 2.01. The molecule has 102 valence electrons. The summed E-state index contributed by atoms with van der Waals surface area (Å²) in [6, 6.07) is 17.6. The van der Waals surface area contributed by atoms with Crippen LogP contribution in [0.2, 0.25) is 0 Å². The summed E-state index contributed by atoms with van der Waals surface area (Å²) >= 11 is 0. The van der Waals surface area contributed by atoms with Gasteiger partial charge in [-0.1, -0.05) is 30.3 Å². The lowest BCUT2D eigenvalue weighted by Crippen LogP contribution is -2.01. The normalized spacial score (nSPS) is 9.95. The molecule has 3 heteroatoms. The fourth-order valence-electron chi connectivity index (χ4n) is 2.01. The van der Waals surface area contributed by atoms with Crippen LogP contribution in [-0.2, 0) is 6.42 Å². The summed E-state index contributed by atoms with van der Waals surface area (Å²) < 4.78 is 5.64. The highest BCUT2D eigenvalue weighted by molar-refractivity contribution is 5.56. The third kappa shape index (κ3) is 4.03. The van der Waals surface area contributed by atoms with Crippen LogP contribution in [-0.4, -0.2) is 6.61 Å². The van der Waals surface area contributed by atoms with Gasteiger partial charge in [0.1, 0.15) is 5.75 Å².